The van der Waals surface area contributed by atoms with Gasteiger partial charge in [-0.3, -0.25) is 14.0 Å². The van der Waals surface area contributed by atoms with E-state index < -0.39 is 0 Å². The van der Waals surface area contributed by atoms with Gasteiger partial charge in [0.25, 0.3) is 0 Å². The van der Waals surface area contributed by atoms with Crippen LogP contribution in [-0.4, -0.2) is 30.2 Å². The highest BCUT2D eigenvalue weighted by Gasteiger charge is 2.13. The second-order valence-corrected chi connectivity index (χ2v) is 6.92. The first-order valence-electron chi connectivity index (χ1n) is 9.61. The van der Waals surface area contributed by atoms with E-state index in [4.69, 9.17) is 5.26 Å². The quantitative estimate of drug-likeness (QED) is 0.636. The summed E-state index contributed by atoms with van der Waals surface area (Å²) in [7, 11) is 0. The van der Waals surface area contributed by atoms with Crippen LogP contribution < -0.4 is 5.32 Å². The van der Waals surface area contributed by atoms with Gasteiger partial charge in [-0.15, -0.1) is 0 Å². The zero-order valence-electron chi connectivity index (χ0n) is 17.0. The Hall–Kier alpha value is -3.47. The third-order valence-electron chi connectivity index (χ3n) is 4.94. The molecular weight excluding hydrogens is 366 g/mol. The van der Waals surface area contributed by atoms with Crippen LogP contribution in [0.2, 0.25) is 0 Å². The number of rotatable bonds is 8. The molecule has 0 atom stereocenters. The summed E-state index contributed by atoms with van der Waals surface area (Å²) in [6.07, 6.45) is 6.78. The van der Waals surface area contributed by atoms with Crippen LogP contribution in [0.4, 0.5) is 0 Å². The molecule has 0 spiro atoms. The smallest absolute Gasteiger partial charge is 0.220 e. The van der Waals surface area contributed by atoms with Crippen molar-refractivity contribution in [1.29, 1.82) is 5.26 Å². The normalized spacial score (nSPS) is 10.7. The SMILES string of the molecule is Cc1nn(CCC#N)c(C)c1CCC(=O)NCc1ccnc(-n2ccnc2C)c1. The molecule has 0 bridgehead atoms. The summed E-state index contributed by atoms with van der Waals surface area (Å²) >= 11 is 0. The van der Waals surface area contributed by atoms with E-state index in [1.54, 1.807) is 12.4 Å². The predicted octanol–water partition coefficient (Wildman–Crippen LogP) is 2.55. The third kappa shape index (κ3) is 4.88. The Kier molecular flexibility index (Phi) is 6.39. The molecule has 8 nitrogen and oxygen atoms in total. The fraction of sp³-hybridized carbons (Fsp3) is 0.381. The van der Waals surface area contributed by atoms with Crippen LogP contribution in [0.3, 0.4) is 0 Å². The molecule has 0 unspecified atom stereocenters. The number of imidazole rings is 1. The number of nitrogens with one attached hydrogen (secondary N) is 1. The largest absolute Gasteiger partial charge is 0.352 e. The minimum atomic E-state index is -0.00857. The summed E-state index contributed by atoms with van der Waals surface area (Å²) in [5.41, 5.74) is 4.01. The zero-order chi connectivity index (χ0) is 20.8. The number of hydrogen-bond donors (Lipinski definition) is 1. The van der Waals surface area contributed by atoms with Crippen molar-refractivity contribution in [3.63, 3.8) is 0 Å². The fourth-order valence-corrected chi connectivity index (χ4v) is 3.32. The number of carbonyl (C=O) groups is 1. The first-order valence-corrected chi connectivity index (χ1v) is 9.61. The Bertz CT molecular complexity index is 1040. The maximum atomic E-state index is 12.3. The van der Waals surface area contributed by atoms with Gasteiger partial charge in [0.1, 0.15) is 11.6 Å². The van der Waals surface area contributed by atoms with E-state index in [-0.39, 0.29) is 5.91 Å². The van der Waals surface area contributed by atoms with Gasteiger partial charge in [-0.05, 0) is 50.5 Å². The lowest BCUT2D eigenvalue weighted by molar-refractivity contribution is -0.121. The molecule has 150 valence electrons. The van der Waals surface area contributed by atoms with E-state index in [9.17, 15) is 4.79 Å². The van der Waals surface area contributed by atoms with Crippen molar-refractivity contribution in [2.75, 3.05) is 0 Å². The van der Waals surface area contributed by atoms with Gasteiger partial charge in [0.05, 0.1) is 24.7 Å². The highest BCUT2D eigenvalue weighted by molar-refractivity contribution is 5.76. The minimum Gasteiger partial charge on any atom is -0.352 e. The van der Waals surface area contributed by atoms with Gasteiger partial charge in [0, 0.05) is 37.3 Å². The average molecular weight is 391 g/mol. The minimum absolute atomic E-state index is 0.00857. The summed E-state index contributed by atoms with van der Waals surface area (Å²) in [6, 6.07) is 5.98. The zero-order valence-corrected chi connectivity index (χ0v) is 17.0. The lowest BCUT2D eigenvalue weighted by Gasteiger charge is -2.09. The molecule has 0 aliphatic heterocycles. The standard InChI is InChI=1S/C21H25N7O/c1-15-19(16(2)28(26-15)11-4-8-22)5-6-21(29)25-14-18-7-9-24-20(13-18)27-12-10-23-17(27)3/h7,9-10,12-13H,4-6,11,14H2,1-3H3,(H,25,29). The Morgan fingerprint density at radius 1 is 1.24 bits per heavy atom. The topological polar surface area (TPSA) is 101 Å². The van der Waals surface area contributed by atoms with Crippen molar-refractivity contribution < 1.29 is 4.79 Å². The monoisotopic (exact) mass is 391 g/mol. The molecule has 3 aromatic rings. The Balaban J connectivity index is 1.56. The lowest BCUT2D eigenvalue weighted by Crippen LogP contribution is -2.23. The number of amides is 1. The number of aryl methyl sites for hydroxylation is 3. The van der Waals surface area contributed by atoms with Gasteiger partial charge in [-0.25, -0.2) is 9.97 Å². The van der Waals surface area contributed by atoms with Crippen molar-refractivity contribution in [2.24, 2.45) is 0 Å². The van der Waals surface area contributed by atoms with Gasteiger partial charge in [0.15, 0.2) is 0 Å². The van der Waals surface area contributed by atoms with Crippen LogP contribution in [0, 0.1) is 32.1 Å². The molecule has 29 heavy (non-hydrogen) atoms. The van der Waals surface area contributed by atoms with E-state index in [0.29, 0.717) is 32.4 Å². The molecule has 0 radical (unpaired) electrons. The van der Waals surface area contributed by atoms with Gasteiger partial charge in [0.2, 0.25) is 5.91 Å². The molecule has 0 aromatic carbocycles. The molecule has 1 N–H and O–H groups in total. The fourth-order valence-electron chi connectivity index (χ4n) is 3.32. The second-order valence-electron chi connectivity index (χ2n) is 6.92. The average Bonchev–Trinajstić information content (AvgIpc) is 3.26. The van der Waals surface area contributed by atoms with Crippen molar-refractivity contribution in [1.82, 2.24) is 29.6 Å². The maximum absolute atomic E-state index is 12.3. The molecular formula is C21H25N7O. The molecule has 0 aliphatic rings. The first kappa shape index (κ1) is 20.3. The van der Waals surface area contributed by atoms with Crippen LogP contribution in [0.15, 0.2) is 30.7 Å². The number of nitriles is 1. The third-order valence-corrected chi connectivity index (χ3v) is 4.94. The maximum Gasteiger partial charge on any atom is 0.220 e. The number of hydrogen-bond acceptors (Lipinski definition) is 5. The first-order chi connectivity index (χ1) is 14.0. The van der Waals surface area contributed by atoms with Crippen LogP contribution >= 0.6 is 0 Å². The van der Waals surface area contributed by atoms with Gasteiger partial charge in [-0.1, -0.05) is 0 Å². The van der Waals surface area contributed by atoms with Crippen molar-refractivity contribution >= 4 is 5.91 Å². The van der Waals surface area contributed by atoms with E-state index >= 15 is 0 Å². The van der Waals surface area contributed by atoms with Crippen LogP contribution in [0.5, 0.6) is 0 Å². The number of nitrogens with zero attached hydrogens (tertiary/aromatic N) is 6. The highest BCUT2D eigenvalue weighted by atomic mass is 16.1. The van der Waals surface area contributed by atoms with Crippen LogP contribution in [0.25, 0.3) is 5.82 Å². The lowest BCUT2D eigenvalue weighted by atomic mass is 10.1. The summed E-state index contributed by atoms with van der Waals surface area (Å²) in [6.45, 7) is 6.88. The second kappa shape index (κ2) is 9.15. The predicted molar refractivity (Wildman–Crippen MR) is 108 cm³/mol. The number of carbonyl (C=O) groups excluding carboxylic acids is 1. The Morgan fingerprint density at radius 2 is 2.07 bits per heavy atom. The molecule has 3 heterocycles. The van der Waals surface area contributed by atoms with E-state index in [2.05, 4.69) is 26.5 Å². The summed E-state index contributed by atoms with van der Waals surface area (Å²) < 4.78 is 3.75. The molecule has 1 amide bonds. The van der Waals surface area contributed by atoms with E-state index in [1.165, 1.54) is 0 Å². The van der Waals surface area contributed by atoms with Crippen molar-refractivity contribution in [2.45, 2.75) is 53.1 Å². The molecule has 8 heteroatoms. The van der Waals surface area contributed by atoms with Crippen LogP contribution in [-0.2, 0) is 24.3 Å². The number of aromatic nitrogens is 5. The summed E-state index contributed by atoms with van der Waals surface area (Å²) in [4.78, 5) is 20.9. The van der Waals surface area contributed by atoms with Gasteiger partial charge in [-0.2, -0.15) is 10.4 Å². The summed E-state index contributed by atoms with van der Waals surface area (Å²) in [5, 5.41) is 16.2. The molecule has 0 saturated heterocycles. The number of pyridine rings is 1. The van der Waals surface area contributed by atoms with Gasteiger partial charge < -0.3 is 5.32 Å². The van der Waals surface area contributed by atoms with Gasteiger partial charge >= 0.3 is 0 Å². The Labute approximate surface area is 170 Å². The molecule has 0 saturated carbocycles. The molecule has 3 rings (SSSR count). The molecule has 0 aliphatic carbocycles. The molecule has 3 aromatic heterocycles. The Morgan fingerprint density at radius 3 is 2.79 bits per heavy atom. The molecule has 0 fully saturated rings. The van der Waals surface area contributed by atoms with Crippen molar-refractivity contribution in [3.05, 3.63) is 59.1 Å². The summed E-state index contributed by atoms with van der Waals surface area (Å²) in [5.74, 6) is 1.63. The van der Waals surface area contributed by atoms with Crippen LogP contribution in [0.1, 0.15) is 41.2 Å². The van der Waals surface area contributed by atoms with E-state index in [0.717, 1.165) is 34.2 Å². The van der Waals surface area contributed by atoms with E-state index in [1.807, 2.05) is 48.3 Å². The highest BCUT2D eigenvalue weighted by Crippen LogP contribution is 2.16. The van der Waals surface area contributed by atoms with Crippen molar-refractivity contribution in [3.8, 4) is 11.9 Å².